The monoisotopic (exact) mass is 451 g/mol. The molecule has 0 aromatic rings. The summed E-state index contributed by atoms with van der Waals surface area (Å²) in [5, 5.41) is 3.09. The van der Waals surface area contributed by atoms with Gasteiger partial charge in [-0.25, -0.2) is 0 Å². The van der Waals surface area contributed by atoms with Gasteiger partial charge in [0.15, 0.2) is 0 Å². The van der Waals surface area contributed by atoms with E-state index in [2.05, 4.69) is 19.2 Å². The highest BCUT2D eigenvalue weighted by molar-refractivity contribution is 5.75. The average Bonchev–Trinajstić information content (AvgIpc) is 2.80. The normalized spacial score (nSPS) is 11.2. The van der Waals surface area contributed by atoms with Crippen molar-refractivity contribution in [3.8, 4) is 0 Å². The Labute approximate surface area is 203 Å². The van der Waals surface area contributed by atoms with Crippen LogP contribution in [0, 0.1) is 0 Å². The zero-order valence-corrected chi connectivity index (χ0v) is 22.5. The van der Waals surface area contributed by atoms with Gasteiger partial charge in [0.2, 0.25) is 5.91 Å². The number of hydrogen-bond acceptors (Lipinski definition) is 1. The first-order valence-electron chi connectivity index (χ1n) is 15.1. The van der Waals surface area contributed by atoms with Crippen LogP contribution in [0.4, 0.5) is 0 Å². The number of amides is 1. The van der Waals surface area contributed by atoms with Crippen LogP contribution in [-0.2, 0) is 4.79 Å². The Balaban J connectivity index is 3.10. The molecule has 0 aliphatic carbocycles. The first kappa shape index (κ1) is 31.5. The van der Waals surface area contributed by atoms with Crippen molar-refractivity contribution in [2.24, 2.45) is 0 Å². The molecule has 1 N–H and O–H groups in total. The highest BCUT2D eigenvalue weighted by Gasteiger charge is 2.01. The molecular weight excluding hydrogens is 390 g/mol. The number of carbonyl (C=O) groups is 1. The van der Waals surface area contributed by atoms with Crippen molar-refractivity contribution in [1.29, 1.82) is 0 Å². The third kappa shape index (κ3) is 27.5. The second-order valence-electron chi connectivity index (χ2n) is 10.2. The smallest absolute Gasteiger partial charge is 0.219 e. The van der Waals surface area contributed by atoms with Crippen LogP contribution in [0.2, 0.25) is 0 Å². The van der Waals surface area contributed by atoms with Crippen LogP contribution < -0.4 is 5.32 Å². The predicted molar refractivity (Wildman–Crippen MR) is 144 cm³/mol. The molecule has 0 saturated heterocycles. The average molecular weight is 452 g/mol. The van der Waals surface area contributed by atoms with Gasteiger partial charge < -0.3 is 5.32 Å². The molecule has 0 radical (unpaired) electrons. The van der Waals surface area contributed by atoms with Crippen molar-refractivity contribution < 1.29 is 4.79 Å². The summed E-state index contributed by atoms with van der Waals surface area (Å²) in [6, 6.07) is 0. The summed E-state index contributed by atoms with van der Waals surface area (Å²) in [7, 11) is 0. The quantitative estimate of drug-likeness (QED) is 0.124. The Bertz CT molecular complexity index is 355. The van der Waals surface area contributed by atoms with Crippen LogP contribution in [0.25, 0.3) is 0 Å². The molecule has 32 heavy (non-hydrogen) atoms. The maximum atomic E-state index is 11.8. The minimum atomic E-state index is 0.269. The van der Waals surface area contributed by atoms with Crippen molar-refractivity contribution in [1.82, 2.24) is 5.32 Å². The van der Waals surface area contributed by atoms with E-state index in [9.17, 15) is 4.79 Å². The predicted octanol–water partition coefficient (Wildman–Crippen LogP) is 10.3. The second-order valence-corrected chi connectivity index (χ2v) is 10.2. The fraction of sp³-hybridized carbons (Fsp3) is 0.967. The van der Waals surface area contributed by atoms with Crippen molar-refractivity contribution in [2.45, 2.75) is 181 Å². The molecule has 0 fully saturated rings. The Morgan fingerprint density at radius 2 is 0.688 bits per heavy atom. The van der Waals surface area contributed by atoms with Gasteiger partial charge in [-0.3, -0.25) is 4.79 Å². The largest absolute Gasteiger partial charge is 0.356 e. The summed E-state index contributed by atoms with van der Waals surface area (Å²) in [5.41, 5.74) is 0. The maximum absolute atomic E-state index is 11.8. The standard InChI is InChI=1S/C30H61NO/c1-3-5-7-9-11-12-13-14-15-16-17-18-19-20-21-22-23-24-26-28-30(32)31-29-27-25-10-8-6-4-2/h3-29H2,1-2H3,(H,31,32). The molecular formula is C30H61NO. The fourth-order valence-corrected chi connectivity index (χ4v) is 4.59. The lowest BCUT2D eigenvalue weighted by atomic mass is 10.0. The Hall–Kier alpha value is -0.530. The zero-order valence-electron chi connectivity index (χ0n) is 22.5. The van der Waals surface area contributed by atoms with Gasteiger partial charge in [-0.05, 0) is 12.8 Å². The summed E-state index contributed by atoms with van der Waals surface area (Å²) >= 11 is 0. The minimum absolute atomic E-state index is 0.269. The SMILES string of the molecule is CCCCCCCCCCCCCCCCCCCCCC(=O)NCCCCCCCC. The lowest BCUT2D eigenvalue weighted by molar-refractivity contribution is -0.121. The summed E-state index contributed by atoms with van der Waals surface area (Å²) in [5.74, 6) is 0.269. The molecule has 192 valence electrons. The van der Waals surface area contributed by atoms with E-state index in [1.807, 2.05) is 0 Å². The van der Waals surface area contributed by atoms with Crippen LogP contribution in [0.3, 0.4) is 0 Å². The molecule has 0 bridgehead atoms. The van der Waals surface area contributed by atoms with Gasteiger partial charge >= 0.3 is 0 Å². The van der Waals surface area contributed by atoms with Crippen LogP contribution in [-0.4, -0.2) is 12.5 Å². The van der Waals surface area contributed by atoms with Crippen molar-refractivity contribution >= 4 is 5.91 Å². The van der Waals surface area contributed by atoms with Gasteiger partial charge in [0.25, 0.3) is 0 Å². The Morgan fingerprint density at radius 1 is 0.406 bits per heavy atom. The van der Waals surface area contributed by atoms with E-state index in [1.54, 1.807) is 0 Å². The van der Waals surface area contributed by atoms with Gasteiger partial charge in [0.05, 0.1) is 0 Å². The van der Waals surface area contributed by atoms with E-state index in [-0.39, 0.29) is 5.91 Å². The van der Waals surface area contributed by atoms with Crippen molar-refractivity contribution in [2.75, 3.05) is 6.54 Å². The van der Waals surface area contributed by atoms with Gasteiger partial charge in [0, 0.05) is 13.0 Å². The topological polar surface area (TPSA) is 29.1 Å². The zero-order chi connectivity index (χ0) is 23.4. The molecule has 0 aliphatic rings. The molecule has 2 heteroatoms. The molecule has 0 heterocycles. The van der Waals surface area contributed by atoms with E-state index < -0.39 is 0 Å². The first-order chi connectivity index (χ1) is 15.8. The molecule has 0 aliphatic heterocycles. The van der Waals surface area contributed by atoms with Gasteiger partial charge in [-0.2, -0.15) is 0 Å². The minimum Gasteiger partial charge on any atom is -0.356 e. The number of rotatable bonds is 27. The second kappa shape index (κ2) is 28.5. The molecule has 0 atom stereocenters. The molecule has 0 saturated carbocycles. The number of carbonyl (C=O) groups excluding carboxylic acids is 1. The summed E-state index contributed by atoms with van der Waals surface area (Å²) in [6.07, 6.45) is 35.0. The molecule has 0 aromatic carbocycles. The maximum Gasteiger partial charge on any atom is 0.219 e. The van der Waals surface area contributed by atoms with Crippen LogP contribution >= 0.6 is 0 Å². The van der Waals surface area contributed by atoms with E-state index >= 15 is 0 Å². The first-order valence-corrected chi connectivity index (χ1v) is 15.1. The lowest BCUT2D eigenvalue weighted by Crippen LogP contribution is -2.23. The van der Waals surface area contributed by atoms with E-state index in [0.29, 0.717) is 0 Å². The summed E-state index contributed by atoms with van der Waals surface area (Å²) in [4.78, 5) is 11.8. The third-order valence-electron chi connectivity index (χ3n) is 6.86. The van der Waals surface area contributed by atoms with Crippen molar-refractivity contribution in [3.05, 3.63) is 0 Å². The van der Waals surface area contributed by atoms with E-state index in [1.165, 1.54) is 148 Å². The van der Waals surface area contributed by atoms with Gasteiger partial charge in [-0.15, -0.1) is 0 Å². The molecule has 0 rings (SSSR count). The Kier molecular flexibility index (Phi) is 28.0. The third-order valence-corrected chi connectivity index (χ3v) is 6.86. The van der Waals surface area contributed by atoms with Crippen molar-refractivity contribution in [3.63, 3.8) is 0 Å². The molecule has 1 amide bonds. The van der Waals surface area contributed by atoms with E-state index in [0.717, 1.165) is 25.8 Å². The molecule has 2 nitrogen and oxygen atoms in total. The fourth-order valence-electron chi connectivity index (χ4n) is 4.59. The summed E-state index contributed by atoms with van der Waals surface area (Å²) in [6.45, 7) is 5.42. The van der Waals surface area contributed by atoms with E-state index in [4.69, 9.17) is 0 Å². The van der Waals surface area contributed by atoms with Gasteiger partial charge in [-0.1, -0.05) is 162 Å². The summed E-state index contributed by atoms with van der Waals surface area (Å²) < 4.78 is 0. The number of nitrogens with one attached hydrogen (secondary N) is 1. The van der Waals surface area contributed by atoms with Crippen LogP contribution in [0.1, 0.15) is 181 Å². The highest BCUT2D eigenvalue weighted by Crippen LogP contribution is 2.14. The highest BCUT2D eigenvalue weighted by atomic mass is 16.1. The van der Waals surface area contributed by atoms with Crippen LogP contribution in [0.5, 0.6) is 0 Å². The lowest BCUT2D eigenvalue weighted by Gasteiger charge is -2.06. The molecule has 0 spiro atoms. The number of hydrogen-bond donors (Lipinski definition) is 1. The molecule has 0 aromatic heterocycles. The Morgan fingerprint density at radius 3 is 1.03 bits per heavy atom. The van der Waals surface area contributed by atoms with Gasteiger partial charge in [0.1, 0.15) is 0 Å². The molecule has 0 unspecified atom stereocenters. The van der Waals surface area contributed by atoms with Crippen LogP contribution in [0.15, 0.2) is 0 Å². The number of unbranched alkanes of at least 4 members (excludes halogenated alkanes) is 23.